The third-order valence-corrected chi connectivity index (χ3v) is 6.46. The number of benzene rings is 2. The van der Waals surface area contributed by atoms with Crippen LogP contribution in [0.15, 0.2) is 47.4 Å². The molecule has 28 heavy (non-hydrogen) atoms. The quantitative estimate of drug-likeness (QED) is 0.758. The van der Waals surface area contributed by atoms with Crippen LogP contribution in [0, 0.1) is 18.6 Å². The van der Waals surface area contributed by atoms with E-state index in [2.05, 4.69) is 0 Å². The van der Waals surface area contributed by atoms with Crippen LogP contribution in [0.3, 0.4) is 0 Å². The van der Waals surface area contributed by atoms with E-state index in [1.54, 1.807) is 6.07 Å². The molecule has 2 aromatic carbocycles. The van der Waals surface area contributed by atoms with Gasteiger partial charge in [0.05, 0.1) is 4.90 Å². The van der Waals surface area contributed by atoms with Gasteiger partial charge in [-0.3, -0.25) is 4.79 Å². The van der Waals surface area contributed by atoms with Crippen molar-refractivity contribution in [1.82, 2.24) is 9.21 Å². The first-order valence-corrected chi connectivity index (χ1v) is 10.1. The fraction of sp³-hybridized carbons (Fsp3) is 0.316. The number of aryl methyl sites for hydroxylation is 1. The molecule has 0 N–H and O–H groups in total. The number of ether oxygens (including phenoxy) is 1. The van der Waals surface area contributed by atoms with Gasteiger partial charge < -0.3 is 9.64 Å². The van der Waals surface area contributed by atoms with Gasteiger partial charge in [0.1, 0.15) is 5.75 Å². The molecule has 1 fully saturated rings. The van der Waals surface area contributed by atoms with Gasteiger partial charge in [-0.15, -0.1) is 0 Å². The maximum absolute atomic E-state index is 13.4. The Hall–Kier alpha value is -2.52. The van der Waals surface area contributed by atoms with Gasteiger partial charge in [-0.25, -0.2) is 17.2 Å². The highest BCUT2D eigenvalue weighted by molar-refractivity contribution is 7.89. The molecule has 150 valence electrons. The van der Waals surface area contributed by atoms with Gasteiger partial charge in [0.15, 0.2) is 18.2 Å². The third-order valence-electron chi connectivity index (χ3n) is 4.56. The average molecular weight is 410 g/mol. The molecular weight excluding hydrogens is 390 g/mol. The van der Waals surface area contributed by atoms with Crippen LogP contribution in [0.2, 0.25) is 0 Å². The van der Waals surface area contributed by atoms with Crippen molar-refractivity contribution in [2.75, 3.05) is 32.8 Å². The summed E-state index contributed by atoms with van der Waals surface area (Å²) in [4.78, 5) is 13.5. The van der Waals surface area contributed by atoms with Crippen LogP contribution < -0.4 is 4.74 Å². The van der Waals surface area contributed by atoms with Crippen LogP contribution in [-0.4, -0.2) is 56.3 Å². The highest BCUT2D eigenvalue weighted by Crippen LogP contribution is 2.20. The number of carbonyl (C=O) groups is 1. The lowest BCUT2D eigenvalue weighted by molar-refractivity contribution is -0.134. The first-order chi connectivity index (χ1) is 13.3. The Balaban J connectivity index is 1.58. The Morgan fingerprint density at radius 1 is 1.04 bits per heavy atom. The molecule has 9 heteroatoms. The van der Waals surface area contributed by atoms with E-state index in [-0.39, 0.29) is 43.6 Å². The number of carbonyl (C=O) groups excluding carboxylic acids is 1. The van der Waals surface area contributed by atoms with Gasteiger partial charge in [-0.1, -0.05) is 18.2 Å². The zero-order valence-corrected chi connectivity index (χ0v) is 16.1. The first-order valence-electron chi connectivity index (χ1n) is 8.70. The number of rotatable bonds is 5. The largest absolute Gasteiger partial charge is 0.484 e. The molecule has 0 aromatic heterocycles. The Morgan fingerprint density at radius 3 is 2.36 bits per heavy atom. The second kappa shape index (κ2) is 8.24. The highest BCUT2D eigenvalue weighted by Gasteiger charge is 2.30. The highest BCUT2D eigenvalue weighted by atomic mass is 32.2. The fourth-order valence-electron chi connectivity index (χ4n) is 2.91. The molecule has 2 aromatic rings. The van der Waals surface area contributed by atoms with Gasteiger partial charge in [0.25, 0.3) is 5.91 Å². The van der Waals surface area contributed by atoms with Gasteiger partial charge >= 0.3 is 0 Å². The molecule has 6 nitrogen and oxygen atoms in total. The molecule has 0 unspecified atom stereocenters. The van der Waals surface area contributed by atoms with Crippen molar-refractivity contribution in [3.05, 3.63) is 59.7 Å². The summed E-state index contributed by atoms with van der Waals surface area (Å²) in [5, 5.41) is 0. The van der Waals surface area contributed by atoms with Gasteiger partial charge in [0.2, 0.25) is 10.0 Å². The molecule has 1 aliphatic rings. The van der Waals surface area contributed by atoms with Crippen molar-refractivity contribution in [2.24, 2.45) is 0 Å². The van der Waals surface area contributed by atoms with E-state index in [0.29, 0.717) is 11.8 Å². The number of hydrogen-bond donors (Lipinski definition) is 0. The molecule has 1 saturated heterocycles. The molecule has 3 rings (SSSR count). The summed E-state index contributed by atoms with van der Waals surface area (Å²) in [6.45, 7) is 2.26. The van der Waals surface area contributed by atoms with E-state index in [1.807, 2.05) is 25.1 Å². The average Bonchev–Trinajstić information content (AvgIpc) is 2.69. The standard InChI is InChI=1S/C19H20F2N2O4S/c1-14-4-2-3-5-18(14)27-13-19(24)22-8-10-23(11-9-22)28(25,26)15-6-7-16(20)17(21)12-15/h2-7,12H,8-11,13H2,1H3. The molecule has 0 saturated carbocycles. The van der Waals surface area contributed by atoms with Crippen LogP contribution in [0.1, 0.15) is 5.56 Å². The van der Waals surface area contributed by atoms with Crippen LogP contribution in [-0.2, 0) is 14.8 Å². The lowest BCUT2D eigenvalue weighted by atomic mass is 10.2. The monoisotopic (exact) mass is 410 g/mol. The molecule has 0 radical (unpaired) electrons. The van der Waals surface area contributed by atoms with E-state index in [1.165, 1.54) is 4.90 Å². The molecular formula is C19H20F2N2O4S. The summed E-state index contributed by atoms with van der Waals surface area (Å²) in [6, 6.07) is 9.81. The van der Waals surface area contributed by atoms with Crippen molar-refractivity contribution in [1.29, 1.82) is 0 Å². The second-order valence-electron chi connectivity index (χ2n) is 6.41. The van der Waals surface area contributed by atoms with Crippen molar-refractivity contribution in [3.63, 3.8) is 0 Å². The number of para-hydroxylation sites is 1. The zero-order chi connectivity index (χ0) is 20.3. The molecule has 1 aliphatic heterocycles. The van der Waals surface area contributed by atoms with Crippen LogP contribution in [0.25, 0.3) is 0 Å². The Labute approximate surface area is 162 Å². The van der Waals surface area contributed by atoms with Gasteiger partial charge in [-0.05, 0) is 36.8 Å². The Kier molecular flexibility index (Phi) is 5.95. The lowest BCUT2D eigenvalue weighted by Crippen LogP contribution is -2.51. The molecule has 1 heterocycles. The first kappa shape index (κ1) is 20.2. The molecule has 0 bridgehead atoms. The predicted octanol–water partition coefficient (Wildman–Crippen LogP) is 2.19. The maximum Gasteiger partial charge on any atom is 0.260 e. The summed E-state index contributed by atoms with van der Waals surface area (Å²) in [5.74, 6) is -1.95. The number of hydrogen-bond acceptors (Lipinski definition) is 4. The van der Waals surface area contributed by atoms with E-state index < -0.39 is 21.7 Å². The summed E-state index contributed by atoms with van der Waals surface area (Å²) in [5.41, 5.74) is 0.915. The fourth-order valence-corrected chi connectivity index (χ4v) is 4.35. The third kappa shape index (κ3) is 4.31. The number of nitrogens with zero attached hydrogens (tertiary/aromatic N) is 2. The topological polar surface area (TPSA) is 66.9 Å². The number of amides is 1. The number of piperazine rings is 1. The van der Waals surface area contributed by atoms with Gasteiger partial charge in [0, 0.05) is 26.2 Å². The van der Waals surface area contributed by atoms with Crippen molar-refractivity contribution < 1.29 is 26.7 Å². The van der Waals surface area contributed by atoms with E-state index >= 15 is 0 Å². The van der Waals surface area contributed by atoms with Crippen molar-refractivity contribution in [3.8, 4) is 5.75 Å². The maximum atomic E-state index is 13.4. The normalized spacial score (nSPS) is 15.5. The molecule has 0 atom stereocenters. The number of halogens is 2. The summed E-state index contributed by atoms with van der Waals surface area (Å²) in [7, 11) is -3.95. The van der Waals surface area contributed by atoms with Crippen LogP contribution in [0.5, 0.6) is 5.75 Å². The van der Waals surface area contributed by atoms with Gasteiger partial charge in [-0.2, -0.15) is 4.31 Å². The minimum Gasteiger partial charge on any atom is -0.484 e. The van der Waals surface area contributed by atoms with Crippen molar-refractivity contribution >= 4 is 15.9 Å². The Morgan fingerprint density at radius 2 is 1.71 bits per heavy atom. The van der Waals surface area contributed by atoms with E-state index in [9.17, 15) is 22.0 Å². The van der Waals surface area contributed by atoms with Crippen LogP contribution in [0.4, 0.5) is 8.78 Å². The predicted molar refractivity (Wildman–Crippen MR) is 98.4 cm³/mol. The SMILES string of the molecule is Cc1ccccc1OCC(=O)N1CCN(S(=O)(=O)c2ccc(F)c(F)c2)CC1. The molecule has 1 amide bonds. The minimum atomic E-state index is -3.95. The van der Waals surface area contributed by atoms with Crippen molar-refractivity contribution in [2.45, 2.75) is 11.8 Å². The smallest absolute Gasteiger partial charge is 0.260 e. The zero-order valence-electron chi connectivity index (χ0n) is 15.3. The van der Waals surface area contributed by atoms with E-state index in [0.717, 1.165) is 22.0 Å². The molecule has 0 spiro atoms. The summed E-state index contributed by atoms with van der Waals surface area (Å²) in [6.07, 6.45) is 0. The number of sulfonamides is 1. The second-order valence-corrected chi connectivity index (χ2v) is 8.35. The molecule has 0 aliphatic carbocycles. The summed E-state index contributed by atoms with van der Waals surface area (Å²) >= 11 is 0. The van der Waals surface area contributed by atoms with E-state index in [4.69, 9.17) is 4.74 Å². The summed E-state index contributed by atoms with van der Waals surface area (Å²) < 4.78 is 58.3. The Bertz CT molecular complexity index is 974. The minimum absolute atomic E-state index is 0.0669. The van der Waals surface area contributed by atoms with Crippen LogP contribution >= 0.6 is 0 Å². The lowest BCUT2D eigenvalue weighted by Gasteiger charge is -2.34.